The van der Waals surface area contributed by atoms with Gasteiger partial charge in [-0.25, -0.2) is 4.79 Å². The summed E-state index contributed by atoms with van der Waals surface area (Å²) >= 11 is 0. The van der Waals surface area contributed by atoms with E-state index in [4.69, 9.17) is 0 Å². The highest BCUT2D eigenvalue weighted by Crippen LogP contribution is 2.07. The Hall–Kier alpha value is -1.88. The van der Waals surface area contributed by atoms with Gasteiger partial charge in [0.1, 0.15) is 0 Å². The maximum absolute atomic E-state index is 12.4. The molecule has 108 valence electrons. The topological polar surface area (TPSA) is 48.4 Å². The van der Waals surface area contributed by atoms with Crippen LogP contribution in [0.2, 0.25) is 0 Å². The lowest BCUT2D eigenvalue weighted by molar-refractivity contribution is -0.858. The van der Waals surface area contributed by atoms with Gasteiger partial charge in [-0.3, -0.25) is 13.9 Å². The van der Waals surface area contributed by atoms with Gasteiger partial charge in [-0.1, -0.05) is 12.1 Å². The number of hydrogen-bond acceptors (Lipinski definition) is 2. The third-order valence-corrected chi connectivity index (χ3v) is 3.51. The largest absolute Gasteiger partial charge is 0.340 e. The molecule has 1 aromatic heterocycles. The number of fused-ring (bicyclic) bond motifs is 1. The molecule has 0 aliphatic rings. The maximum atomic E-state index is 12.4. The zero-order valence-electron chi connectivity index (χ0n) is 12.3. The lowest BCUT2D eigenvalue weighted by Gasteiger charge is -2.13. The third-order valence-electron chi connectivity index (χ3n) is 3.51. The SMILES string of the molecule is CCn1c(=O)c2ccccc2n(CCC[NH+](C)C)c1=O. The van der Waals surface area contributed by atoms with Crippen molar-refractivity contribution >= 4 is 10.9 Å². The molecule has 0 saturated carbocycles. The Morgan fingerprint density at radius 1 is 1.10 bits per heavy atom. The molecule has 0 fully saturated rings. The molecule has 1 aromatic carbocycles. The summed E-state index contributed by atoms with van der Waals surface area (Å²) in [7, 11) is 4.18. The summed E-state index contributed by atoms with van der Waals surface area (Å²) in [5.41, 5.74) is 0.341. The lowest BCUT2D eigenvalue weighted by Crippen LogP contribution is -3.05. The summed E-state index contributed by atoms with van der Waals surface area (Å²) in [6.07, 6.45) is 0.911. The number of nitrogens with zero attached hydrogens (tertiary/aromatic N) is 2. The van der Waals surface area contributed by atoms with E-state index < -0.39 is 0 Å². The molecule has 20 heavy (non-hydrogen) atoms. The van der Waals surface area contributed by atoms with Crippen LogP contribution in [0.3, 0.4) is 0 Å². The first-order valence-electron chi connectivity index (χ1n) is 7.07. The first-order valence-corrected chi connectivity index (χ1v) is 7.07. The monoisotopic (exact) mass is 276 g/mol. The van der Waals surface area contributed by atoms with E-state index in [2.05, 4.69) is 14.1 Å². The Morgan fingerprint density at radius 2 is 1.80 bits per heavy atom. The molecule has 0 bridgehead atoms. The van der Waals surface area contributed by atoms with E-state index in [1.807, 2.05) is 25.1 Å². The predicted octanol–water partition coefficient (Wildman–Crippen LogP) is -0.282. The van der Waals surface area contributed by atoms with Crippen molar-refractivity contribution in [1.29, 1.82) is 0 Å². The molecule has 0 saturated heterocycles. The third kappa shape index (κ3) is 2.67. The first-order chi connectivity index (χ1) is 9.56. The highest BCUT2D eigenvalue weighted by atomic mass is 16.2. The number of aromatic nitrogens is 2. The standard InChI is InChI=1S/C15H21N3O2/c1-4-17-14(19)12-8-5-6-9-13(12)18(15(17)20)11-7-10-16(2)3/h5-6,8-9H,4,7,10-11H2,1-3H3/p+1. The fourth-order valence-corrected chi connectivity index (χ4v) is 2.46. The molecule has 0 spiro atoms. The van der Waals surface area contributed by atoms with Gasteiger partial charge in [-0.2, -0.15) is 0 Å². The van der Waals surface area contributed by atoms with Crippen molar-refractivity contribution in [2.75, 3.05) is 20.6 Å². The highest BCUT2D eigenvalue weighted by Gasteiger charge is 2.11. The molecule has 5 heteroatoms. The van der Waals surface area contributed by atoms with Crippen LogP contribution in [0, 0.1) is 0 Å². The van der Waals surface area contributed by atoms with Gasteiger partial charge in [0.25, 0.3) is 5.56 Å². The summed E-state index contributed by atoms with van der Waals surface area (Å²) in [5.74, 6) is 0. The lowest BCUT2D eigenvalue weighted by atomic mass is 10.2. The average Bonchev–Trinajstić information content (AvgIpc) is 2.43. The fourth-order valence-electron chi connectivity index (χ4n) is 2.46. The van der Waals surface area contributed by atoms with Gasteiger partial charge < -0.3 is 4.90 Å². The Morgan fingerprint density at radius 3 is 2.45 bits per heavy atom. The van der Waals surface area contributed by atoms with Gasteiger partial charge in [0.05, 0.1) is 31.5 Å². The molecular weight excluding hydrogens is 254 g/mol. The van der Waals surface area contributed by atoms with E-state index in [1.165, 1.54) is 9.47 Å². The zero-order valence-corrected chi connectivity index (χ0v) is 12.3. The number of benzene rings is 1. The average molecular weight is 276 g/mol. The van der Waals surface area contributed by atoms with Gasteiger partial charge in [0, 0.05) is 19.5 Å². The molecule has 0 aliphatic carbocycles. The van der Waals surface area contributed by atoms with Crippen LogP contribution in [-0.4, -0.2) is 29.8 Å². The van der Waals surface area contributed by atoms with Gasteiger partial charge in [0.2, 0.25) is 0 Å². The Labute approximate surface area is 118 Å². The van der Waals surface area contributed by atoms with Crippen molar-refractivity contribution in [2.45, 2.75) is 26.4 Å². The summed E-state index contributed by atoms with van der Waals surface area (Å²) in [5, 5.41) is 0.617. The number of para-hydroxylation sites is 1. The molecule has 1 N–H and O–H groups in total. The number of aryl methyl sites for hydroxylation is 1. The normalized spacial score (nSPS) is 11.4. The molecule has 1 heterocycles. The number of quaternary nitrogens is 1. The second-order valence-electron chi connectivity index (χ2n) is 5.31. The predicted molar refractivity (Wildman–Crippen MR) is 80.4 cm³/mol. The second kappa shape index (κ2) is 6.05. The minimum atomic E-state index is -0.204. The molecular formula is C15H22N3O2+. The van der Waals surface area contributed by atoms with E-state index in [0.717, 1.165) is 18.5 Å². The molecule has 0 atom stereocenters. The van der Waals surface area contributed by atoms with E-state index in [0.29, 0.717) is 18.5 Å². The quantitative estimate of drug-likeness (QED) is 0.816. The smallest absolute Gasteiger partial charge is 0.331 e. The van der Waals surface area contributed by atoms with Crippen LogP contribution in [0.5, 0.6) is 0 Å². The van der Waals surface area contributed by atoms with Crippen LogP contribution in [0.15, 0.2) is 33.9 Å². The van der Waals surface area contributed by atoms with Crippen LogP contribution in [-0.2, 0) is 13.1 Å². The first kappa shape index (κ1) is 14.5. The van der Waals surface area contributed by atoms with Crippen LogP contribution >= 0.6 is 0 Å². The second-order valence-corrected chi connectivity index (χ2v) is 5.31. The van der Waals surface area contributed by atoms with E-state index in [9.17, 15) is 9.59 Å². The van der Waals surface area contributed by atoms with Gasteiger partial charge in [-0.15, -0.1) is 0 Å². The molecule has 0 aliphatic heterocycles. The van der Waals surface area contributed by atoms with E-state index >= 15 is 0 Å². The van der Waals surface area contributed by atoms with Crippen molar-refractivity contribution in [3.05, 3.63) is 45.1 Å². The minimum Gasteiger partial charge on any atom is -0.340 e. The number of rotatable bonds is 5. The molecule has 0 radical (unpaired) electrons. The summed E-state index contributed by atoms with van der Waals surface area (Å²) < 4.78 is 3.04. The Balaban J connectivity index is 2.57. The van der Waals surface area contributed by atoms with Crippen molar-refractivity contribution in [1.82, 2.24) is 9.13 Å². The molecule has 2 rings (SSSR count). The van der Waals surface area contributed by atoms with Gasteiger partial charge in [-0.05, 0) is 19.1 Å². The maximum Gasteiger partial charge on any atom is 0.331 e. The van der Waals surface area contributed by atoms with Gasteiger partial charge >= 0.3 is 5.69 Å². The van der Waals surface area contributed by atoms with Crippen molar-refractivity contribution < 1.29 is 4.90 Å². The van der Waals surface area contributed by atoms with Crippen LogP contribution < -0.4 is 16.1 Å². The summed E-state index contributed by atoms with van der Waals surface area (Å²) in [6, 6.07) is 7.34. The van der Waals surface area contributed by atoms with Crippen LogP contribution in [0.4, 0.5) is 0 Å². The fraction of sp³-hybridized carbons (Fsp3) is 0.467. The van der Waals surface area contributed by atoms with Gasteiger partial charge in [0.15, 0.2) is 0 Å². The van der Waals surface area contributed by atoms with Crippen LogP contribution in [0.25, 0.3) is 10.9 Å². The highest BCUT2D eigenvalue weighted by molar-refractivity contribution is 5.77. The van der Waals surface area contributed by atoms with E-state index in [1.54, 1.807) is 10.6 Å². The summed E-state index contributed by atoms with van der Waals surface area (Å²) in [6.45, 7) is 3.87. The molecule has 0 unspecified atom stereocenters. The Kier molecular flexibility index (Phi) is 4.39. The number of nitrogens with one attached hydrogen (secondary N) is 1. The molecule has 0 amide bonds. The minimum absolute atomic E-state index is 0.192. The zero-order chi connectivity index (χ0) is 14.7. The van der Waals surface area contributed by atoms with Crippen molar-refractivity contribution in [2.24, 2.45) is 0 Å². The van der Waals surface area contributed by atoms with Crippen LogP contribution in [0.1, 0.15) is 13.3 Å². The number of hydrogen-bond donors (Lipinski definition) is 1. The molecule has 5 nitrogen and oxygen atoms in total. The Bertz CT molecular complexity index is 713. The van der Waals surface area contributed by atoms with Crippen molar-refractivity contribution in [3.8, 4) is 0 Å². The van der Waals surface area contributed by atoms with E-state index in [-0.39, 0.29) is 11.2 Å². The molecule has 2 aromatic rings. The van der Waals surface area contributed by atoms with Crippen molar-refractivity contribution in [3.63, 3.8) is 0 Å². The summed E-state index contributed by atoms with van der Waals surface area (Å²) in [4.78, 5) is 26.0.